The van der Waals surface area contributed by atoms with Crippen LogP contribution in [0.1, 0.15) is 26.3 Å². The molecule has 0 aliphatic heterocycles. The summed E-state index contributed by atoms with van der Waals surface area (Å²) in [5.41, 5.74) is 1.36. The summed E-state index contributed by atoms with van der Waals surface area (Å²) in [6.07, 6.45) is 0. The smallest absolute Gasteiger partial charge is 0.0208 e. The molecule has 0 aliphatic carbocycles. The predicted molar refractivity (Wildman–Crippen MR) is 70.5 cm³/mol. The Bertz CT molecular complexity index is 267. The minimum absolute atomic E-state index is 0.542. The zero-order valence-electron chi connectivity index (χ0n) is 10.7. The molecular formula is C14H24N2. The van der Waals surface area contributed by atoms with Gasteiger partial charge in [-0.15, -0.1) is 0 Å². The maximum Gasteiger partial charge on any atom is 0.0208 e. The Kier molecular flexibility index (Phi) is 6.12. The van der Waals surface area contributed by atoms with Gasteiger partial charge in [0.2, 0.25) is 0 Å². The van der Waals surface area contributed by atoms with Gasteiger partial charge in [0.1, 0.15) is 0 Å². The van der Waals surface area contributed by atoms with Crippen molar-refractivity contribution in [3.8, 4) is 0 Å². The van der Waals surface area contributed by atoms with Crippen LogP contribution in [0.4, 0.5) is 0 Å². The lowest BCUT2D eigenvalue weighted by molar-refractivity contribution is 0.270. The Morgan fingerprint density at radius 3 is 2.31 bits per heavy atom. The lowest BCUT2D eigenvalue weighted by Gasteiger charge is -2.23. The Hall–Kier alpha value is -0.860. The van der Waals surface area contributed by atoms with E-state index in [1.54, 1.807) is 0 Å². The van der Waals surface area contributed by atoms with Crippen LogP contribution in [0.3, 0.4) is 0 Å². The minimum atomic E-state index is 0.542. The second-order valence-corrected chi connectivity index (χ2v) is 4.25. The molecule has 0 saturated heterocycles. The minimum Gasteiger partial charge on any atom is -0.309 e. The molecule has 1 aromatic rings. The Morgan fingerprint density at radius 2 is 1.75 bits per heavy atom. The first-order valence-electron chi connectivity index (χ1n) is 6.25. The van der Waals surface area contributed by atoms with Crippen molar-refractivity contribution in [3.05, 3.63) is 35.9 Å². The van der Waals surface area contributed by atoms with Crippen molar-refractivity contribution >= 4 is 0 Å². The van der Waals surface area contributed by atoms with Crippen molar-refractivity contribution in [2.45, 2.75) is 33.4 Å². The second-order valence-electron chi connectivity index (χ2n) is 4.25. The van der Waals surface area contributed by atoms with Crippen molar-refractivity contribution in [2.24, 2.45) is 0 Å². The summed E-state index contributed by atoms with van der Waals surface area (Å²) in [5.74, 6) is 0. The van der Waals surface area contributed by atoms with E-state index >= 15 is 0 Å². The molecule has 0 unspecified atom stereocenters. The van der Waals surface area contributed by atoms with Gasteiger partial charge in [0, 0.05) is 19.1 Å². The zero-order chi connectivity index (χ0) is 11.8. The van der Waals surface area contributed by atoms with Gasteiger partial charge in [0.25, 0.3) is 0 Å². The van der Waals surface area contributed by atoms with Crippen LogP contribution in [0, 0.1) is 0 Å². The van der Waals surface area contributed by atoms with Gasteiger partial charge < -0.3 is 10.2 Å². The van der Waals surface area contributed by atoms with E-state index in [9.17, 15) is 0 Å². The van der Waals surface area contributed by atoms with E-state index in [0.717, 1.165) is 26.2 Å². The van der Waals surface area contributed by atoms with Crippen LogP contribution in [0.5, 0.6) is 0 Å². The van der Waals surface area contributed by atoms with Gasteiger partial charge in [-0.2, -0.15) is 0 Å². The quantitative estimate of drug-likeness (QED) is 0.759. The highest BCUT2D eigenvalue weighted by Crippen LogP contribution is 1.99. The molecule has 1 N–H and O–H groups in total. The molecule has 16 heavy (non-hydrogen) atoms. The van der Waals surface area contributed by atoms with Crippen LogP contribution < -0.4 is 5.32 Å². The largest absolute Gasteiger partial charge is 0.309 e. The number of nitrogens with one attached hydrogen (secondary N) is 1. The van der Waals surface area contributed by atoms with Crippen LogP contribution in [-0.2, 0) is 6.54 Å². The van der Waals surface area contributed by atoms with Crippen LogP contribution in [0.2, 0.25) is 0 Å². The van der Waals surface area contributed by atoms with E-state index in [1.807, 2.05) is 0 Å². The molecule has 0 bridgehead atoms. The highest BCUT2D eigenvalue weighted by atomic mass is 15.1. The molecule has 0 aromatic heterocycles. The SMILES string of the molecule is CCN(CC)C[C@@H](C)NCc1ccccc1. The lowest BCUT2D eigenvalue weighted by Crippen LogP contribution is -2.38. The van der Waals surface area contributed by atoms with Gasteiger partial charge in [-0.05, 0) is 25.6 Å². The summed E-state index contributed by atoms with van der Waals surface area (Å²) < 4.78 is 0. The first kappa shape index (κ1) is 13.2. The van der Waals surface area contributed by atoms with Crippen molar-refractivity contribution in [1.29, 1.82) is 0 Å². The molecule has 90 valence electrons. The molecule has 1 aromatic carbocycles. The number of nitrogens with zero attached hydrogens (tertiary/aromatic N) is 1. The summed E-state index contributed by atoms with van der Waals surface area (Å²) in [6, 6.07) is 11.1. The standard InChI is InChI=1S/C14H24N2/c1-4-16(5-2)12-13(3)15-11-14-9-7-6-8-10-14/h6-10,13,15H,4-5,11-12H2,1-3H3/t13-/m1/s1. The summed E-state index contributed by atoms with van der Waals surface area (Å²) >= 11 is 0. The fourth-order valence-corrected chi connectivity index (χ4v) is 1.82. The lowest BCUT2D eigenvalue weighted by atomic mass is 10.2. The highest BCUT2D eigenvalue weighted by molar-refractivity contribution is 5.14. The number of hydrogen-bond acceptors (Lipinski definition) is 2. The van der Waals surface area contributed by atoms with E-state index in [0.29, 0.717) is 6.04 Å². The maximum atomic E-state index is 3.56. The maximum absolute atomic E-state index is 3.56. The number of benzene rings is 1. The molecule has 0 saturated carbocycles. The van der Waals surface area contributed by atoms with E-state index in [4.69, 9.17) is 0 Å². The number of likely N-dealkylation sites (N-methyl/N-ethyl adjacent to an activating group) is 1. The van der Waals surface area contributed by atoms with Crippen molar-refractivity contribution in [2.75, 3.05) is 19.6 Å². The average Bonchev–Trinajstić information content (AvgIpc) is 2.34. The fraction of sp³-hybridized carbons (Fsp3) is 0.571. The van der Waals surface area contributed by atoms with Crippen LogP contribution in [0.25, 0.3) is 0 Å². The van der Waals surface area contributed by atoms with Crippen molar-refractivity contribution < 1.29 is 0 Å². The Labute approximate surface area is 99.7 Å². The van der Waals surface area contributed by atoms with Crippen LogP contribution in [-0.4, -0.2) is 30.6 Å². The second kappa shape index (κ2) is 7.42. The van der Waals surface area contributed by atoms with E-state index < -0.39 is 0 Å². The first-order valence-corrected chi connectivity index (χ1v) is 6.25. The third-order valence-electron chi connectivity index (χ3n) is 2.92. The van der Waals surface area contributed by atoms with Gasteiger partial charge in [-0.1, -0.05) is 44.2 Å². The Morgan fingerprint density at radius 1 is 1.12 bits per heavy atom. The van der Waals surface area contributed by atoms with Crippen LogP contribution in [0.15, 0.2) is 30.3 Å². The molecule has 2 nitrogen and oxygen atoms in total. The molecule has 0 amide bonds. The zero-order valence-corrected chi connectivity index (χ0v) is 10.7. The molecule has 0 aliphatic rings. The number of hydrogen-bond donors (Lipinski definition) is 1. The third kappa shape index (κ3) is 4.77. The van der Waals surface area contributed by atoms with E-state index in [2.05, 4.69) is 61.3 Å². The van der Waals surface area contributed by atoms with Gasteiger partial charge in [0.15, 0.2) is 0 Å². The molecule has 2 heteroatoms. The van der Waals surface area contributed by atoms with Gasteiger partial charge in [-0.25, -0.2) is 0 Å². The van der Waals surface area contributed by atoms with Crippen LogP contribution >= 0.6 is 0 Å². The Balaban J connectivity index is 2.27. The monoisotopic (exact) mass is 220 g/mol. The third-order valence-corrected chi connectivity index (χ3v) is 2.92. The summed E-state index contributed by atoms with van der Waals surface area (Å²) in [5, 5.41) is 3.56. The molecule has 0 heterocycles. The van der Waals surface area contributed by atoms with Gasteiger partial charge in [0.05, 0.1) is 0 Å². The van der Waals surface area contributed by atoms with Crippen molar-refractivity contribution in [1.82, 2.24) is 10.2 Å². The summed E-state index contributed by atoms with van der Waals surface area (Å²) in [7, 11) is 0. The van der Waals surface area contributed by atoms with E-state index in [1.165, 1.54) is 5.56 Å². The average molecular weight is 220 g/mol. The fourth-order valence-electron chi connectivity index (χ4n) is 1.82. The van der Waals surface area contributed by atoms with Crippen molar-refractivity contribution in [3.63, 3.8) is 0 Å². The van der Waals surface area contributed by atoms with E-state index in [-0.39, 0.29) is 0 Å². The first-order chi connectivity index (χ1) is 7.76. The summed E-state index contributed by atoms with van der Waals surface area (Å²) in [6.45, 7) is 11.0. The predicted octanol–water partition coefficient (Wildman–Crippen LogP) is 2.51. The topological polar surface area (TPSA) is 15.3 Å². The molecule has 0 radical (unpaired) electrons. The molecule has 0 fully saturated rings. The normalized spacial score (nSPS) is 13.0. The van der Waals surface area contributed by atoms with Gasteiger partial charge in [-0.3, -0.25) is 0 Å². The molecule has 1 rings (SSSR count). The molecule has 0 spiro atoms. The highest BCUT2D eigenvalue weighted by Gasteiger charge is 2.05. The summed E-state index contributed by atoms with van der Waals surface area (Å²) in [4.78, 5) is 2.45. The van der Waals surface area contributed by atoms with Gasteiger partial charge >= 0.3 is 0 Å². The molecular weight excluding hydrogens is 196 g/mol. The molecule has 1 atom stereocenters. The number of rotatable bonds is 7.